The summed E-state index contributed by atoms with van der Waals surface area (Å²) in [7, 11) is 1.53. The number of hydrazone groups is 1. The van der Waals surface area contributed by atoms with Gasteiger partial charge in [-0.1, -0.05) is 6.07 Å². The predicted molar refractivity (Wildman–Crippen MR) is 83.2 cm³/mol. The molecular formula is C15H13F6N5O. The summed E-state index contributed by atoms with van der Waals surface area (Å²) in [6, 6.07) is 3.53. The maximum absolute atomic E-state index is 13.5. The van der Waals surface area contributed by atoms with Crippen LogP contribution in [0.1, 0.15) is 16.8 Å². The number of rotatable bonds is 6. The van der Waals surface area contributed by atoms with E-state index in [1.54, 1.807) is 0 Å². The average Bonchev–Trinajstić information content (AvgIpc) is 3.07. The van der Waals surface area contributed by atoms with Crippen LogP contribution in [0.5, 0.6) is 0 Å². The first-order valence-corrected chi connectivity index (χ1v) is 7.33. The number of nitrogens with zero attached hydrogens (tertiary/aromatic N) is 3. The summed E-state index contributed by atoms with van der Waals surface area (Å²) in [4.78, 5) is 10.4. The highest BCUT2D eigenvalue weighted by Crippen LogP contribution is 2.35. The van der Waals surface area contributed by atoms with Crippen molar-refractivity contribution < 1.29 is 31.1 Å². The van der Waals surface area contributed by atoms with E-state index in [4.69, 9.17) is 0 Å². The van der Waals surface area contributed by atoms with Gasteiger partial charge in [-0.3, -0.25) is 4.79 Å². The Morgan fingerprint density at radius 3 is 2.41 bits per heavy atom. The Morgan fingerprint density at radius 1 is 1.19 bits per heavy atom. The Bertz CT molecular complexity index is 840. The number of aromatic nitrogens is 2. The van der Waals surface area contributed by atoms with Crippen LogP contribution in [0.4, 0.5) is 26.3 Å². The lowest BCUT2D eigenvalue weighted by molar-refractivity contribution is -0.141. The van der Waals surface area contributed by atoms with Crippen molar-refractivity contribution in [1.82, 2.24) is 20.5 Å². The number of hydrogen-bond donors (Lipinski definition) is 2. The summed E-state index contributed by atoms with van der Waals surface area (Å²) in [5.74, 6) is 0. The Hall–Kier alpha value is -2.89. The lowest BCUT2D eigenvalue weighted by Crippen LogP contribution is -2.23. The third kappa shape index (κ3) is 4.84. The summed E-state index contributed by atoms with van der Waals surface area (Å²) in [5, 5.41) is 9.53. The van der Waals surface area contributed by atoms with Crippen LogP contribution in [-0.4, -0.2) is 35.5 Å². The van der Waals surface area contributed by atoms with Crippen LogP contribution in [0.3, 0.4) is 0 Å². The van der Waals surface area contributed by atoms with Gasteiger partial charge in [-0.15, -0.1) is 0 Å². The maximum atomic E-state index is 13.5. The Balaban J connectivity index is 2.57. The van der Waals surface area contributed by atoms with E-state index in [2.05, 4.69) is 15.5 Å². The number of alkyl halides is 6. The molecule has 0 radical (unpaired) electrons. The topological polar surface area (TPSA) is 71.3 Å². The molecule has 0 unspecified atom stereocenters. The zero-order chi connectivity index (χ0) is 20.2. The van der Waals surface area contributed by atoms with Crippen LogP contribution < -0.4 is 10.7 Å². The van der Waals surface area contributed by atoms with E-state index < -0.39 is 29.3 Å². The molecule has 0 aliphatic rings. The van der Waals surface area contributed by atoms with Gasteiger partial charge in [0.05, 0.1) is 17.0 Å². The molecule has 27 heavy (non-hydrogen) atoms. The van der Waals surface area contributed by atoms with Crippen LogP contribution in [0.15, 0.2) is 35.6 Å². The molecule has 1 amide bonds. The monoisotopic (exact) mass is 393 g/mol. The smallest absolute Gasteiger partial charge is 0.314 e. The van der Waals surface area contributed by atoms with Gasteiger partial charge in [-0.25, -0.2) is 10.1 Å². The molecule has 1 aromatic heterocycles. The molecule has 0 saturated carbocycles. The van der Waals surface area contributed by atoms with Crippen molar-refractivity contribution >= 4 is 12.1 Å². The molecule has 0 fully saturated rings. The molecule has 1 aromatic carbocycles. The van der Waals surface area contributed by atoms with E-state index in [0.29, 0.717) is 10.7 Å². The highest BCUT2D eigenvalue weighted by atomic mass is 19.4. The first kappa shape index (κ1) is 20.4. The summed E-state index contributed by atoms with van der Waals surface area (Å²) in [6.07, 6.45) is -8.60. The minimum Gasteiger partial charge on any atom is -0.314 e. The molecule has 0 atom stereocenters. The highest BCUT2D eigenvalue weighted by Gasteiger charge is 2.37. The minimum atomic E-state index is -4.86. The third-order valence-corrected chi connectivity index (χ3v) is 3.36. The zero-order valence-electron chi connectivity index (χ0n) is 13.7. The van der Waals surface area contributed by atoms with E-state index in [0.717, 1.165) is 18.3 Å². The van der Waals surface area contributed by atoms with Crippen LogP contribution in [-0.2, 0) is 17.1 Å². The first-order chi connectivity index (χ1) is 12.6. The highest BCUT2D eigenvalue weighted by molar-refractivity contribution is 6.02. The number of halogens is 6. The normalized spacial score (nSPS) is 12.9. The van der Waals surface area contributed by atoms with Gasteiger partial charge < -0.3 is 5.32 Å². The zero-order valence-corrected chi connectivity index (χ0v) is 13.7. The van der Waals surface area contributed by atoms with Gasteiger partial charge in [0.25, 0.3) is 0 Å². The van der Waals surface area contributed by atoms with Gasteiger partial charge in [0.1, 0.15) is 0 Å². The number of benzene rings is 1. The second-order valence-corrected chi connectivity index (χ2v) is 5.21. The van der Waals surface area contributed by atoms with Gasteiger partial charge in [0.15, 0.2) is 5.69 Å². The fourth-order valence-electron chi connectivity index (χ4n) is 2.23. The molecule has 12 heteroatoms. The molecule has 0 saturated heterocycles. The Morgan fingerprint density at radius 2 is 1.89 bits per heavy atom. The summed E-state index contributed by atoms with van der Waals surface area (Å²) in [6.45, 7) is 0.0392. The molecule has 2 N–H and O–H groups in total. The second kappa shape index (κ2) is 7.78. The van der Waals surface area contributed by atoms with Crippen LogP contribution in [0.2, 0.25) is 0 Å². The molecule has 0 aliphatic heterocycles. The number of likely N-dealkylation sites (N-methyl/N-ethyl adjacent to an activating group) is 1. The van der Waals surface area contributed by atoms with Crippen LogP contribution in [0, 0.1) is 0 Å². The lowest BCUT2D eigenvalue weighted by atomic mass is 10.0. The average molecular weight is 393 g/mol. The largest absolute Gasteiger partial charge is 0.435 e. The van der Waals surface area contributed by atoms with Crippen molar-refractivity contribution in [3.63, 3.8) is 0 Å². The maximum Gasteiger partial charge on any atom is 0.435 e. The van der Waals surface area contributed by atoms with Crippen molar-refractivity contribution in [2.45, 2.75) is 12.4 Å². The van der Waals surface area contributed by atoms with Gasteiger partial charge in [-0.05, 0) is 30.8 Å². The molecule has 0 spiro atoms. The SMILES string of the molecule is CNC/C(=N\NC=O)c1ccc(-n2ccc(C(F)(F)F)n2)c(C(F)(F)F)c1. The van der Waals surface area contributed by atoms with Crippen LogP contribution >= 0.6 is 0 Å². The standard InChI is InChI=1S/C15H13F6N5O/c1-22-7-11(24-23-8-27)9-2-3-12(10(6-9)14(16,17)18)26-5-4-13(25-26)15(19,20)21/h2-6,8,22H,7H2,1H3,(H,23,27)/b24-11+. The Kier molecular flexibility index (Phi) is 5.88. The second-order valence-electron chi connectivity index (χ2n) is 5.21. The molecule has 1 heterocycles. The third-order valence-electron chi connectivity index (χ3n) is 3.36. The van der Waals surface area contributed by atoms with Crippen LogP contribution in [0.25, 0.3) is 5.69 Å². The number of amides is 1. The van der Waals surface area contributed by atoms with Crippen molar-refractivity contribution in [2.75, 3.05) is 13.6 Å². The van der Waals surface area contributed by atoms with Gasteiger partial charge in [-0.2, -0.15) is 36.5 Å². The number of nitrogens with one attached hydrogen (secondary N) is 2. The molecule has 2 rings (SSSR count). The van der Waals surface area contributed by atoms with Crippen molar-refractivity contribution in [1.29, 1.82) is 0 Å². The first-order valence-electron chi connectivity index (χ1n) is 7.33. The number of carbonyl (C=O) groups is 1. The lowest BCUT2D eigenvalue weighted by Gasteiger charge is -2.15. The van der Waals surface area contributed by atoms with Crippen molar-refractivity contribution in [3.8, 4) is 5.69 Å². The quantitative estimate of drug-likeness (QED) is 0.343. The van der Waals surface area contributed by atoms with E-state index in [1.165, 1.54) is 13.1 Å². The summed E-state index contributed by atoms with van der Waals surface area (Å²) < 4.78 is 78.9. The fraction of sp³-hybridized carbons (Fsp3) is 0.267. The predicted octanol–water partition coefficient (Wildman–Crippen LogP) is 2.58. The summed E-state index contributed by atoms with van der Waals surface area (Å²) >= 11 is 0. The van der Waals surface area contributed by atoms with Gasteiger partial charge in [0, 0.05) is 12.7 Å². The molecular weight excluding hydrogens is 380 g/mol. The molecule has 0 bridgehead atoms. The molecule has 6 nitrogen and oxygen atoms in total. The number of hydrogen-bond acceptors (Lipinski definition) is 4. The Labute approximate surface area is 148 Å². The molecule has 146 valence electrons. The van der Waals surface area contributed by atoms with E-state index in [9.17, 15) is 31.1 Å². The fourth-order valence-corrected chi connectivity index (χ4v) is 2.23. The van der Waals surface area contributed by atoms with Gasteiger partial charge >= 0.3 is 12.4 Å². The summed E-state index contributed by atoms with van der Waals surface area (Å²) in [5.41, 5.74) is -0.969. The number of carbonyl (C=O) groups excluding carboxylic acids is 1. The minimum absolute atomic E-state index is 0.0259. The van der Waals surface area contributed by atoms with Crippen molar-refractivity contribution in [2.24, 2.45) is 5.10 Å². The molecule has 0 aliphatic carbocycles. The molecule has 2 aromatic rings. The van der Waals surface area contributed by atoms with E-state index >= 15 is 0 Å². The van der Waals surface area contributed by atoms with Gasteiger partial charge in [0.2, 0.25) is 6.41 Å². The van der Waals surface area contributed by atoms with E-state index in [-0.39, 0.29) is 24.2 Å². The van der Waals surface area contributed by atoms with Crippen molar-refractivity contribution in [3.05, 3.63) is 47.3 Å². The van der Waals surface area contributed by atoms with E-state index in [1.807, 2.05) is 5.43 Å².